The van der Waals surface area contributed by atoms with E-state index in [0.717, 1.165) is 35.7 Å². The molecule has 2 aliphatic rings. The molecule has 0 N–H and O–H groups in total. The van der Waals surface area contributed by atoms with Gasteiger partial charge in [0.1, 0.15) is 11.5 Å². The van der Waals surface area contributed by atoms with Crippen LogP contribution < -0.4 is 18.9 Å². The summed E-state index contributed by atoms with van der Waals surface area (Å²) in [5.41, 5.74) is 2.28. The lowest BCUT2D eigenvalue weighted by atomic mass is 10.1. The fourth-order valence-corrected chi connectivity index (χ4v) is 4.34. The quantitative estimate of drug-likeness (QED) is 0.177. The highest BCUT2D eigenvalue weighted by Crippen LogP contribution is 2.34. The molecule has 6 rings (SSSR count). The minimum Gasteiger partial charge on any atom is -0.438 e. The van der Waals surface area contributed by atoms with Gasteiger partial charge in [-0.3, -0.25) is 9.97 Å². The number of rotatable bonds is 6. The van der Waals surface area contributed by atoms with Crippen molar-refractivity contribution in [3.05, 3.63) is 107 Å². The summed E-state index contributed by atoms with van der Waals surface area (Å²) in [6, 6.07) is 13.1. The van der Waals surface area contributed by atoms with Gasteiger partial charge in [-0.25, -0.2) is 8.78 Å². The van der Waals surface area contributed by atoms with Crippen molar-refractivity contribution in [2.75, 3.05) is 0 Å². The van der Waals surface area contributed by atoms with Gasteiger partial charge in [-0.2, -0.15) is 19.2 Å². The van der Waals surface area contributed by atoms with Crippen molar-refractivity contribution in [1.29, 1.82) is 0 Å². The molecule has 0 bridgehead atoms. The van der Waals surface area contributed by atoms with Crippen LogP contribution in [0, 0.1) is 25.5 Å². The van der Waals surface area contributed by atoms with Gasteiger partial charge in [0.2, 0.25) is 11.8 Å². The highest BCUT2D eigenvalue weighted by Gasteiger charge is 2.34. The first-order chi connectivity index (χ1) is 26.4. The van der Waals surface area contributed by atoms with Crippen molar-refractivity contribution in [2.45, 2.75) is 51.6 Å². The number of hydrogen-bond donors (Lipinski definition) is 0. The van der Waals surface area contributed by atoms with E-state index in [1.165, 1.54) is 24.5 Å². The lowest BCUT2D eigenvalue weighted by Gasteiger charge is -2.12. The van der Waals surface area contributed by atoms with Crippen LogP contribution in [0.1, 0.15) is 47.6 Å². The molecular weight excluding hydrogens is 776 g/mol. The van der Waals surface area contributed by atoms with E-state index in [1.54, 1.807) is 24.3 Å². The predicted molar refractivity (Wildman–Crippen MR) is 167 cm³/mol. The second kappa shape index (κ2) is 20.0. The lowest BCUT2D eigenvalue weighted by molar-refractivity contribution is -0.276. The summed E-state index contributed by atoms with van der Waals surface area (Å²) in [5, 5.41) is 7.51. The molecule has 0 saturated heterocycles. The summed E-state index contributed by atoms with van der Waals surface area (Å²) in [6.45, 7) is 3.66. The molecule has 2 aromatic carbocycles. The van der Waals surface area contributed by atoms with Crippen LogP contribution in [0.2, 0.25) is 0 Å². The number of ether oxygens (including phenoxy) is 4. The first kappa shape index (κ1) is 43.5. The zero-order chi connectivity index (χ0) is 41.5. The fraction of sp³-hybridized carbons (Fsp3) is 0.235. The monoisotopic (exact) mass is 800 g/mol. The minimum atomic E-state index is -4.96. The van der Waals surface area contributed by atoms with Gasteiger partial charge in [-0.15, -0.1) is 26.3 Å². The number of carbonyl (C=O) groups excluding carboxylic acids is 4. The van der Waals surface area contributed by atoms with Gasteiger partial charge >= 0.3 is 25.0 Å². The Hall–Kier alpha value is -6.92. The van der Waals surface area contributed by atoms with E-state index in [1.807, 2.05) is 13.8 Å². The Balaban J connectivity index is 0.000000264. The number of aryl methyl sites for hydroxylation is 2. The molecule has 0 saturated carbocycles. The average Bonchev–Trinajstić information content (AvgIpc) is 3.79. The summed E-state index contributed by atoms with van der Waals surface area (Å²) in [6.07, 6.45) is -7.30. The molecule has 4 heterocycles. The number of benzene rings is 2. The van der Waals surface area contributed by atoms with Crippen molar-refractivity contribution >= 4 is 24.1 Å². The second-order valence-corrected chi connectivity index (χ2v) is 10.7. The largest absolute Gasteiger partial charge is 0.573 e. The van der Waals surface area contributed by atoms with Gasteiger partial charge in [-0.1, -0.05) is 22.4 Å². The topological polar surface area (TPSA) is 174 Å². The molecule has 56 heavy (non-hydrogen) atoms. The van der Waals surface area contributed by atoms with Gasteiger partial charge in [0.05, 0.1) is 25.2 Å². The molecule has 0 fully saturated rings. The van der Waals surface area contributed by atoms with E-state index in [9.17, 15) is 35.1 Å². The number of pyridine rings is 2. The smallest absolute Gasteiger partial charge is 0.438 e. The Morgan fingerprint density at radius 1 is 0.607 bits per heavy atom. The third-order valence-corrected chi connectivity index (χ3v) is 6.63. The molecular formula is C34H24F8N4O10. The number of oxime groups is 2. The van der Waals surface area contributed by atoms with Crippen LogP contribution >= 0.6 is 0 Å². The number of halogens is 8. The average molecular weight is 801 g/mol. The molecule has 0 aliphatic carbocycles. The molecule has 4 aromatic rings. The van der Waals surface area contributed by atoms with Crippen LogP contribution in [0.15, 0.2) is 83.4 Å². The van der Waals surface area contributed by atoms with E-state index in [2.05, 4.69) is 29.8 Å². The number of hydrogen-bond acceptors (Lipinski definition) is 14. The summed E-state index contributed by atoms with van der Waals surface area (Å²) < 4.78 is 119. The van der Waals surface area contributed by atoms with Crippen LogP contribution in [0.25, 0.3) is 0 Å². The Bertz CT molecular complexity index is 1900. The van der Waals surface area contributed by atoms with Gasteiger partial charge < -0.3 is 28.6 Å². The van der Waals surface area contributed by atoms with Crippen LogP contribution in [0.4, 0.5) is 35.1 Å². The minimum absolute atomic E-state index is 0.201. The molecule has 2 atom stereocenters. The molecule has 0 amide bonds. The molecule has 14 nitrogen and oxygen atoms in total. The molecule has 296 valence electrons. The Labute approximate surface area is 309 Å². The van der Waals surface area contributed by atoms with Gasteiger partial charge in [-0.05, 0) is 73.5 Å². The normalized spacial score (nSPS) is 15.5. The van der Waals surface area contributed by atoms with Crippen LogP contribution in [-0.4, -0.2) is 46.8 Å². The molecule has 0 spiro atoms. The van der Waals surface area contributed by atoms with Crippen LogP contribution in [0.5, 0.6) is 23.0 Å². The highest BCUT2D eigenvalue weighted by molar-refractivity contribution is 5.80. The maximum absolute atomic E-state index is 13.8. The zero-order valence-corrected chi connectivity index (χ0v) is 28.4. The first-order valence-electron chi connectivity index (χ1n) is 15.2. The first-order valence-corrected chi connectivity index (χ1v) is 15.2. The van der Waals surface area contributed by atoms with Gasteiger partial charge in [0.25, 0.3) is 0 Å². The second-order valence-electron chi connectivity index (χ2n) is 10.7. The number of nitrogens with zero attached hydrogens (tertiary/aromatic N) is 4. The molecule has 0 unspecified atom stereocenters. The van der Waals surface area contributed by atoms with E-state index < -0.39 is 48.1 Å². The van der Waals surface area contributed by atoms with E-state index >= 15 is 0 Å². The van der Waals surface area contributed by atoms with E-state index in [4.69, 9.17) is 38.3 Å². The SMILES string of the molecule is Cc1ccc(OC2=NO[C@@H](c3ccc(OC(F)(F)F)c(F)c3)C2)cn1.Cc1ccc(OC2=NO[C@H](c3ccc(OC(F)(F)F)c(F)c3)C2)cn1.O=C=O.O=C=O. The van der Waals surface area contributed by atoms with Crippen molar-refractivity contribution in [1.82, 2.24) is 9.97 Å². The van der Waals surface area contributed by atoms with E-state index in [0.29, 0.717) is 22.6 Å². The van der Waals surface area contributed by atoms with Crippen molar-refractivity contribution in [3.63, 3.8) is 0 Å². The third kappa shape index (κ3) is 14.5. The maximum Gasteiger partial charge on any atom is 0.573 e. The number of alkyl halides is 6. The molecule has 2 aliphatic heterocycles. The summed E-state index contributed by atoms with van der Waals surface area (Å²) >= 11 is 0. The summed E-state index contributed by atoms with van der Waals surface area (Å²) in [7, 11) is 0. The Kier molecular flexibility index (Phi) is 15.5. The highest BCUT2D eigenvalue weighted by atomic mass is 19.4. The molecule has 2 aromatic heterocycles. The van der Waals surface area contributed by atoms with Crippen LogP contribution in [-0.2, 0) is 28.9 Å². The molecule has 22 heteroatoms. The lowest BCUT2D eigenvalue weighted by Crippen LogP contribution is -2.18. The van der Waals surface area contributed by atoms with Gasteiger partial charge in [0.15, 0.2) is 35.3 Å². The third-order valence-electron chi connectivity index (χ3n) is 6.63. The van der Waals surface area contributed by atoms with Gasteiger partial charge in [0, 0.05) is 11.4 Å². The van der Waals surface area contributed by atoms with Crippen molar-refractivity contribution in [3.8, 4) is 23.0 Å². The van der Waals surface area contributed by atoms with Crippen molar-refractivity contribution < 1.29 is 82.9 Å². The Morgan fingerprint density at radius 3 is 1.25 bits per heavy atom. The van der Waals surface area contributed by atoms with E-state index in [-0.39, 0.29) is 36.9 Å². The zero-order valence-electron chi connectivity index (χ0n) is 28.4. The predicted octanol–water partition coefficient (Wildman–Crippen LogP) is 7.40. The number of aromatic nitrogens is 2. The fourth-order valence-electron chi connectivity index (χ4n) is 4.34. The maximum atomic E-state index is 13.8. The standard InChI is InChI=1S/2C16H12F4N2O3.2CO2/c2*1-9-2-4-11(8-21-9)23-15-7-14(25-22-15)10-3-5-13(12(17)6-10)24-16(18,19)20;2*2-1-3/h2*2-6,8,14H,7H2,1H3;;/t2*14-;;/m10../s1. The summed E-state index contributed by atoms with van der Waals surface area (Å²) in [4.78, 5) is 51.0. The Morgan fingerprint density at radius 2 is 0.964 bits per heavy atom. The summed E-state index contributed by atoms with van der Waals surface area (Å²) in [5.74, 6) is -2.65. The molecule has 0 radical (unpaired) electrons. The van der Waals surface area contributed by atoms with Crippen molar-refractivity contribution in [2.24, 2.45) is 10.3 Å². The van der Waals surface area contributed by atoms with Crippen LogP contribution in [0.3, 0.4) is 0 Å².